The summed E-state index contributed by atoms with van der Waals surface area (Å²) in [6.07, 6.45) is 4.07. The molecule has 0 aromatic carbocycles. The van der Waals surface area contributed by atoms with Gasteiger partial charge in [-0.3, -0.25) is 9.69 Å². The molecule has 2 N–H and O–H groups in total. The van der Waals surface area contributed by atoms with E-state index in [1.54, 1.807) is 7.11 Å². The normalized spacial score (nSPS) is 26.6. The van der Waals surface area contributed by atoms with Crippen LogP contribution < -0.4 is 10.6 Å². The first-order valence-corrected chi connectivity index (χ1v) is 8.69. The zero-order valence-electron chi connectivity index (χ0n) is 14.7. The van der Waals surface area contributed by atoms with E-state index in [0.717, 1.165) is 44.9 Å². The largest absolute Gasteiger partial charge is 0.368 e. The van der Waals surface area contributed by atoms with Crippen LogP contribution in [0.25, 0.3) is 0 Å². The maximum atomic E-state index is 12.7. The average Bonchev–Trinajstić information content (AvgIpc) is 2.53. The first-order chi connectivity index (χ1) is 10.4. The number of rotatable bonds is 5. The smallest absolute Gasteiger partial charge is 0.252 e. The van der Waals surface area contributed by atoms with Crippen molar-refractivity contribution in [2.24, 2.45) is 5.92 Å². The second-order valence-corrected chi connectivity index (χ2v) is 7.64. The van der Waals surface area contributed by atoms with Gasteiger partial charge in [-0.25, -0.2) is 0 Å². The molecule has 2 aliphatic rings. The van der Waals surface area contributed by atoms with Crippen LogP contribution in [0.2, 0.25) is 0 Å². The highest BCUT2D eigenvalue weighted by atomic mass is 16.5. The van der Waals surface area contributed by atoms with Crippen LogP contribution in [0.15, 0.2) is 0 Å². The Balaban J connectivity index is 1.91. The van der Waals surface area contributed by atoms with Crippen molar-refractivity contribution < 1.29 is 9.53 Å². The van der Waals surface area contributed by atoms with Crippen molar-refractivity contribution in [1.82, 2.24) is 15.5 Å². The molecular weight excluding hydrogens is 278 g/mol. The van der Waals surface area contributed by atoms with Gasteiger partial charge in [0.1, 0.15) is 5.60 Å². The SMILES string of the molecule is COC1(C(=O)NCC(C)(C)N2CCCC(C)C2)CCNCC1. The lowest BCUT2D eigenvalue weighted by Crippen LogP contribution is -2.59. The molecule has 5 heteroatoms. The first-order valence-electron chi connectivity index (χ1n) is 8.69. The Morgan fingerprint density at radius 1 is 1.41 bits per heavy atom. The van der Waals surface area contributed by atoms with Crippen LogP contribution in [0, 0.1) is 5.92 Å². The summed E-state index contributed by atoms with van der Waals surface area (Å²) >= 11 is 0. The lowest BCUT2D eigenvalue weighted by atomic mass is 9.90. The van der Waals surface area contributed by atoms with E-state index in [1.165, 1.54) is 12.8 Å². The number of amides is 1. The van der Waals surface area contributed by atoms with Gasteiger partial charge in [0.15, 0.2) is 0 Å². The molecule has 0 aliphatic carbocycles. The number of carbonyl (C=O) groups excluding carboxylic acids is 1. The number of nitrogens with one attached hydrogen (secondary N) is 2. The monoisotopic (exact) mass is 311 g/mol. The molecule has 0 aromatic heterocycles. The molecule has 2 heterocycles. The standard InChI is InChI=1S/C17H33N3O2/c1-14-6-5-11-20(12-14)16(2,3)13-19-15(21)17(22-4)7-9-18-10-8-17/h14,18H,5-13H2,1-4H3,(H,19,21). The van der Waals surface area contributed by atoms with Crippen LogP contribution in [0.1, 0.15) is 46.5 Å². The molecule has 0 aromatic rings. The molecule has 1 atom stereocenters. The van der Waals surface area contributed by atoms with E-state index >= 15 is 0 Å². The van der Waals surface area contributed by atoms with E-state index in [0.29, 0.717) is 6.54 Å². The molecule has 128 valence electrons. The number of methoxy groups -OCH3 is 1. The molecule has 2 fully saturated rings. The number of piperidine rings is 2. The van der Waals surface area contributed by atoms with Crippen molar-refractivity contribution in [2.45, 2.75) is 57.6 Å². The van der Waals surface area contributed by atoms with E-state index in [-0.39, 0.29) is 11.4 Å². The number of hydrogen-bond acceptors (Lipinski definition) is 4. The minimum absolute atomic E-state index is 0.00775. The lowest BCUT2D eigenvalue weighted by Gasteiger charge is -2.44. The highest BCUT2D eigenvalue weighted by Gasteiger charge is 2.40. The Hall–Kier alpha value is -0.650. The van der Waals surface area contributed by atoms with Gasteiger partial charge in [0.25, 0.3) is 5.91 Å². The fourth-order valence-corrected chi connectivity index (χ4v) is 3.66. The Morgan fingerprint density at radius 2 is 2.09 bits per heavy atom. The summed E-state index contributed by atoms with van der Waals surface area (Å²) in [5, 5.41) is 6.45. The van der Waals surface area contributed by atoms with Crippen molar-refractivity contribution in [3.63, 3.8) is 0 Å². The minimum atomic E-state index is -0.642. The summed E-state index contributed by atoms with van der Waals surface area (Å²) in [5.41, 5.74) is -0.650. The third kappa shape index (κ3) is 4.00. The van der Waals surface area contributed by atoms with Gasteiger partial charge in [0.2, 0.25) is 0 Å². The predicted molar refractivity (Wildman–Crippen MR) is 88.9 cm³/mol. The summed E-state index contributed by atoms with van der Waals surface area (Å²) < 4.78 is 5.60. The van der Waals surface area contributed by atoms with Crippen LogP contribution in [0.3, 0.4) is 0 Å². The quantitative estimate of drug-likeness (QED) is 0.805. The molecular formula is C17H33N3O2. The molecule has 2 rings (SSSR count). The molecule has 1 unspecified atom stereocenters. The Labute approximate surface area is 135 Å². The van der Waals surface area contributed by atoms with Crippen molar-refractivity contribution in [3.8, 4) is 0 Å². The van der Waals surface area contributed by atoms with Crippen molar-refractivity contribution >= 4 is 5.91 Å². The zero-order valence-corrected chi connectivity index (χ0v) is 14.7. The molecule has 22 heavy (non-hydrogen) atoms. The van der Waals surface area contributed by atoms with Gasteiger partial charge in [0, 0.05) is 25.7 Å². The number of ether oxygens (including phenoxy) is 1. The summed E-state index contributed by atoms with van der Waals surface area (Å²) in [6, 6.07) is 0. The molecule has 2 saturated heterocycles. The third-order valence-corrected chi connectivity index (χ3v) is 5.41. The second-order valence-electron chi connectivity index (χ2n) is 7.64. The van der Waals surface area contributed by atoms with Gasteiger partial charge >= 0.3 is 0 Å². The average molecular weight is 311 g/mol. The van der Waals surface area contributed by atoms with Crippen LogP contribution in [0.5, 0.6) is 0 Å². The lowest BCUT2D eigenvalue weighted by molar-refractivity contribution is -0.147. The first kappa shape index (κ1) is 17.7. The highest BCUT2D eigenvalue weighted by Crippen LogP contribution is 2.25. The Morgan fingerprint density at radius 3 is 2.68 bits per heavy atom. The van der Waals surface area contributed by atoms with Crippen molar-refractivity contribution in [2.75, 3.05) is 39.8 Å². The molecule has 1 amide bonds. The molecule has 0 spiro atoms. The van der Waals surface area contributed by atoms with Gasteiger partial charge in [0.05, 0.1) is 0 Å². The predicted octanol–water partition coefficient (Wildman–Crippen LogP) is 1.38. The fraction of sp³-hybridized carbons (Fsp3) is 0.941. The van der Waals surface area contributed by atoms with Crippen LogP contribution >= 0.6 is 0 Å². The number of hydrogen-bond donors (Lipinski definition) is 2. The van der Waals surface area contributed by atoms with Gasteiger partial charge < -0.3 is 15.4 Å². The number of nitrogens with zero attached hydrogens (tertiary/aromatic N) is 1. The molecule has 0 bridgehead atoms. The maximum absolute atomic E-state index is 12.7. The van der Waals surface area contributed by atoms with Gasteiger partial charge in [-0.05, 0) is 65.1 Å². The Kier molecular flexibility index (Phi) is 5.86. The summed E-state index contributed by atoms with van der Waals surface area (Å²) in [6.45, 7) is 11.4. The van der Waals surface area contributed by atoms with Crippen LogP contribution in [-0.4, -0.2) is 61.8 Å². The van der Waals surface area contributed by atoms with Crippen molar-refractivity contribution in [1.29, 1.82) is 0 Å². The van der Waals surface area contributed by atoms with E-state index in [4.69, 9.17) is 4.74 Å². The minimum Gasteiger partial charge on any atom is -0.368 e. The Bertz CT molecular complexity index is 378. The van der Waals surface area contributed by atoms with Crippen LogP contribution in [0.4, 0.5) is 0 Å². The van der Waals surface area contributed by atoms with E-state index in [9.17, 15) is 4.79 Å². The summed E-state index contributed by atoms with van der Waals surface area (Å²) in [7, 11) is 1.66. The zero-order chi connectivity index (χ0) is 16.2. The molecule has 2 aliphatic heterocycles. The second kappa shape index (κ2) is 7.28. The van der Waals surface area contributed by atoms with E-state index in [1.807, 2.05) is 0 Å². The molecule has 0 radical (unpaired) electrons. The maximum Gasteiger partial charge on any atom is 0.252 e. The fourth-order valence-electron chi connectivity index (χ4n) is 3.66. The molecule has 0 saturated carbocycles. The number of carbonyl (C=O) groups is 1. The van der Waals surface area contributed by atoms with Crippen molar-refractivity contribution in [3.05, 3.63) is 0 Å². The summed E-state index contributed by atoms with van der Waals surface area (Å²) in [4.78, 5) is 15.2. The van der Waals surface area contributed by atoms with Gasteiger partial charge in [-0.1, -0.05) is 6.92 Å². The van der Waals surface area contributed by atoms with E-state index < -0.39 is 5.60 Å². The topological polar surface area (TPSA) is 53.6 Å². The third-order valence-electron chi connectivity index (χ3n) is 5.41. The number of likely N-dealkylation sites (tertiary alicyclic amines) is 1. The molecule has 5 nitrogen and oxygen atoms in total. The van der Waals surface area contributed by atoms with E-state index in [2.05, 4.69) is 36.3 Å². The van der Waals surface area contributed by atoms with Gasteiger partial charge in [-0.2, -0.15) is 0 Å². The highest BCUT2D eigenvalue weighted by molar-refractivity contribution is 5.85. The van der Waals surface area contributed by atoms with Crippen LogP contribution in [-0.2, 0) is 9.53 Å². The van der Waals surface area contributed by atoms with Gasteiger partial charge in [-0.15, -0.1) is 0 Å². The summed E-state index contributed by atoms with van der Waals surface area (Å²) in [5.74, 6) is 0.799.